The van der Waals surface area contributed by atoms with E-state index >= 15 is 0 Å². The predicted molar refractivity (Wildman–Crippen MR) is 70.7 cm³/mol. The number of rotatable bonds is 4. The van der Waals surface area contributed by atoms with Crippen LogP contribution in [0.4, 0.5) is 0 Å². The highest BCUT2D eigenvalue weighted by molar-refractivity contribution is 6.31. The summed E-state index contributed by atoms with van der Waals surface area (Å²) in [5.41, 5.74) is 6.18. The van der Waals surface area contributed by atoms with E-state index in [0.29, 0.717) is 17.3 Å². The Morgan fingerprint density at radius 1 is 1.59 bits per heavy atom. The van der Waals surface area contributed by atoms with E-state index in [4.69, 9.17) is 22.1 Å². The van der Waals surface area contributed by atoms with Crippen LogP contribution in [-0.2, 0) is 11.3 Å². The Labute approximate surface area is 112 Å². The van der Waals surface area contributed by atoms with Crippen LogP contribution < -0.4 is 15.8 Å². The number of nitrogens with two attached hydrogens (primary N) is 1. The molecule has 0 saturated heterocycles. The van der Waals surface area contributed by atoms with Gasteiger partial charge in [-0.1, -0.05) is 17.7 Å². The van der Waals surface area contributed by atoms with Crippen molar-refractivity contribution in [1.29, 1.82) is 0 Å². The van der Waals surface area contributed by atoms with Crippen LogP contribution in [0.2, 0.25) is 5.02 Å². The van der Waals surface area contributed by atoms with Gasteiger partial charge >= 0.3 is 0 Å². The van der Waals surface area contributed by atoms with Crippen LogP contribution in [0.15, 0.2) is 18.2 Å². The maximum Gasteiger partial charge on any atom is 0.236 e. The summed E-state index contributed by atoms with van der Waals surface area (Å²) in [7, 11) is 1.56. The van der Waals surface area contributed by atoms with E-state index in [0.717, 1.165) is 5.56 Å². The van der Waals surface area contributed by atoms with Crippen molar-refractivity contribution in [3.63, 3.8) is 0 Å². The monoisotopic (exact) mass is 278 g/mol. The molecule has 1 aromatic carbocycles. The van der Waals surface area contributed by atoms with E-state index in [9.17, 15) is 4.79 Å². The van der Waals surface area contributed by atoms with Crippen molar-refractivity contribution in [1.82, 2.24) is 5.32 Å². The molecule has 0 fully saturated rings. The van der Waals surface area contributed by atoms with Gasteiger partial charge in [-0.2, -0.15) is 0 Å². The number of hydrogen-bond acceptors (Lipinski definition) is 3. The molecule has 0 heterocycles. The van der Waals surface area contributed by atoms with E-state index in [2.05, 4.69) is 5.32 Å². The molecule has 3 N–H and O–H groups in total. The van der Waals surface area contributed by atoms with Crippen LogP contribution in [0.5, 0.6) is 5.75 Å². The van der Waals surface area contributed by atoms with Crippen LogP contribution in [0.3, 0.4) is 0 Å². The summed E-state index contributed by atoms with van der Waals surface area (Å²) in [6.07, 6.45) is 0. The molecule has 6 heteroatoms. The second-order valence-electron chi connectivity index (χ2n) is 3.43. The molecule has 1 rings (SSSR count). The molecule has 0 saturated carbocycles. The number of nitrogens with one attached hydrogen (secondary N) is 1. The highest BCUT2D eigenvalue weighted by Crippen LogP contribution is 2.25. The number of amides is 1. The van der Waals surface area contributed by atoms with Gasteiger partial charge in [-0.3, -0.25) is 4.79 Å². The largest absolute Gasteiger partial charge is 0.496 e. The molecule has 1 aromatic rings. The number of methoxy groups -OCH3 is 1. The van der Waals surface area contributed by atoms with Crippen LogP contribution in [-0.4, -0.2) is 19.1 Å². The molecule has 0 unspecified atom stereocenters. The third-order valence-corrected chi connectivity index (χ3v) is 2.50. The average molecular weight is 279 g/mol. The SMILES string of the molecule is COc1cccc(Cl)c1CNC(=O)[C@H](C)N.Cl. The van der Waals surface area contributed by atoms with Crippen molar-refractivity contribution in [3.8, 4) is 5.75 Å². The van der Waals surface area contributed by atoms with E-state index in [1.807, 2.05) is 0 Å². The first-order valence-corrected chi connectivity index (χ1v) is 5.28. The molecule has 0 aliphatic heterocycles. The Morgan fingerprint density at radius 3 is 2.76 bits per heavy atom. The fraction of sp³-hybridized carbons (Fsp3) is 0.364. The lowest BCUT2D eigenvalue weighted by molar-refractivity contribution is -0.122. The topological polar surface area (TPSA) is 64.3 Å². The normalized spacial score (nSPS) is 11.3. The summed E-state index contributed by atoms with van der Waals surface area (Å²) in [5.74, 6) is 0.430. The van der Waals surface area contributed by atoms with Gasteiger partial charge < -0.3 is 15.8 Å². The van der Waals surface area contributed by atoms with Crippen molar-refractivity contribution in [3.05, 3.63) is 28.8 Å². The van der Waals surface area contributed by atoms with Gasteiger partial charge in [0.25, 0.3) is 0 Å². The van der Waals surface area contributed by atoms with Crippen LogP contribution in [0.25, 0.3) is 0 Å². The zero-order valence-electron chi connectivity index (χ0n) is 9.70. The van der Waals surface area contributed by atoms with Gasteiger partial charge in [-0.05, 0) is 19.1 Å². The van der Waals surface area contributed by atoms with E-state index in [1.54, 1.807) is 32.2 Å². The first-order valence-electron chi connectivity index (χ1n) is 4.91. The van der Waals surface area contributed by atoms with Gasteiger partial charge in [-0.25, -0.2) is 0 Å². The molecular formula is C11H16Cl2N2O2. The highest BCUT2D eigenvalue weighted by atomic mass is 35.5. The molecule has 0 spiro atoms. The molecule has 0 bridgehead atoms. The molecule has 1 amide bonds. The van der Waals surface area contributed by atoms with E-state index in [-0.39, 0.29) is 18.3 Å². The fourth-order valence-electron chi connectivity index (χ4n) is 1.24. The number of ether oxygens (including phenoxy) is 1. The molecule has 0 radical (unpaired) electrons. The zero-order valence-corrected chi connectivity index (χ0v) is 11.3. The van der Waals surface area contributed by atoms with Crippen molar-refractivity contribution in [2.75, 3.05) is 7.11 Å². The third-order valence-electron chi connectivity index (χ3n) is 2.15. The van der Waals surface area contributed by atoms with Crippen LogP contribution in [0.1, 0.15) is 12.5 Å². The molecule has 96 valence electrons. The standard InChI is InChI=1S/C11H15ClN2O2.ClH/c1-7(13)11(15)14-6-8-9(12)4-3-5-10(8)16-2;/h3-5,7H,6,13H2,1-2H3,(H,14,15);1H/t7-;/m0./s1. The predicted octanol–water partition coefficient (Wildman–Crippen LogP) is 1.73. The summed E-state index contributed by atoms with van der Waals surface area (Å²) < 4.78 is 5.15. The molecular weight excluding hydrogens is 263 g/mol. The number of halogens is 2. The molecule has 1 atom stereocenters. The first-order chi connectivity index (χ1) is 7.56. The lowest BCUT2D eigenvalue weighted by Crippen LogP contribution is -2.37. The maximum absolute atomic E-state index is 11.3. The molecule has 17 heavy (non-hydrogen) atoms. The minimum Gasteiger partial charge on any atom is -0.496 e. The van der Waals surface area contributed by atoms with Gasteiger partial charge in [0.15, 0.2) is 0 Å². The van der Waals surface area contributed by atoms with Crippen LogP contribution >= 0.6 is 24.0 Å². The van der Waals surface area contributed by atoms with Crippen molar-refractivity contribution in [2.24, 2.45) is 5.73 Å². The zero-order chi connectivity index (χ0) is 12.1. The average Bonchev–Trinajstić information content (AvgIpc) is 2.26. The molecule has 0 aliphatic carbocycles. The van der Waals surface area contributed by atoms with Gasteiger partial charge in [0, 0.05) is 17.1 Å². The number of hydrogen-bond donors (Lipinski definition) is 2. The smallest absolute Gasteiger partial charge is 0.236 e. The second kappa shape index (κ2) is 7.37. The summed E-state index contributed by atoms with van der Waals surface area (Å²) in [6, 6.07) is 4.79. The Bertz CT molecular complexity index is 384. The summed E-state index contributed by atoms with van der Waals surface area (Å²) in [5, 5.41) is 3.25. The lowest BCUT2D eigenvalue weighted by Gasteiger charge is -2.12. The summed E-state index contributed by atoms with van der Waals surface area (Å²) >= 11 is 6.01. The third kappa shape index (κ3) is 4.42. The molecule has 0 aliphatic rings. The van der Waals surface area contributed by atoms with Crippen molar-refractivity contribution in [2.45, 2.75) is 19.5 Å². The Kier molecular flexibility index (Phi) is 6.95. The second-order valence-corrected chi connectivity index (χ2v) is 3.83. The lowest BCUT2D eigenvalue weighted by atomic mass is 10.2. The van der Waals surface area contributed by atoms with E-state index < -0.39 is 6.04 Å². The van der Waals surface area contributed by atoms with Crippen molar-refractivity contribution < 1.29 is 9.53 Å². The number of carbonyl (C=O) groups excluding carboxylic acids is 1. The first kappa shape index (κ1) is 16.0. The van der Waals surface area contributed by atoms with Gasteiger partial charge in [-0.15, -0.1) is 12.4 Å². The number of benzene rings is 1. The van der Waals surface area contributed by atoms with Gasteiger partial charge in [0.2, 0.25) is 5.91 Å². The minimum absolute atomic E-state index is 0. The Hall–Kier alpha value is -0.970. The van der Waals surface area contributed by atoms with Crippen molar-refractivity contribution >= 4 is 29.9 Å². The summed E-state index contributed by atoms with van der Waals surface area (Å²) in [6.45, 7) is 1.93. The Balaban J connectivity index is 0.00000256. The Morgan fingerprint density at radius 2 is 2.24 bits per heavy atom. The quantitative estimate of drug-likeness (QED) is 0.882. The van der Waals surface area contributed by atoms with Gasteiger partial charge in [0.1, 0.15) is 5.75 Å². The maximum atomic E-state index is 11.3. The molecule has 4 nitrogen and oxygen atoms in total. The number of carbonyl (C=O) groups is 1. The molecule has 0 aromatic heterocycles. The van der Waals surface area contributed by atoms with Crippen LogP contribution in [0, 0.1) is 0 Å². The fourth-order valence-corrected chi connectivity index (χ4v) is 1.47. The van der Waals surface area contributed by atoms with E-state index in [1.165, 1.54) is 0 Å². The highest BCUT2D eigenvalue weighted by Gasteiger charge is 2.11. The summed E-state index contributed by atoms with van der Waals surface area (Å²) in [4.78, 5) is 11.3. The minimum atomic E-state index is -0.534. The van der Waals surface area contributed by atoms with Gasteiger partial charge in [0.05, 0.1) is 13.2 Å².